The molecule has 0 aliphatic carbocycles. The van der Waals surface area contributed by atoms with Gasteiger partial charge in [0.1, 0.15) is 0 Å². The van der Waals surface area contributed by atoms with E-state index in [0.29, 0.717) is 23.3 Å². The first-order valence-electron chi connectivity index (χ1n) is 12.0. The summed E-state index contributed by atoms with van der Waals surface area (Å²) in [4.78, 5) is 21.9. The zero-order chi connectivity index (χ0) is 22.2. The SMILES string of the molecule is O=C(NCCCN1CCCCCC1)C1CCN(Cc2nc(-c3ccccc3Cl)no2)CC1. The van der Waals surface area contributed by atoms with Crippen molar-refractivity contribution >= 4 is 17.5 Å². The topological polar surface area (TPSA) is 74.5 Å². The predicted octanol–water partition coefficient (Wildman–Crippen LogP) is 3.98. The second-order valence-corrected chi connectivity index (χ2v) is 9.35. The van der Waals surface area contributed by atoms with E-state index in [1.165, 1.54) is 38.8 Å². The molecule has 7 nitrogen and oxygen atoms in total. The number of piperidine rings is 1. The van der Waals surface area contributed by atoms with Gasteiger partial charge in [0, 0.05) is 18.0 Å². The minimum absolute atomic E-state index is 0.103. The molecule has 174 valence electrons. The Labute approximate surface area is 195 Å². The molecule has 2 fully saturated rings. The number of hydrogen-bond donors (Lipinski definition) is 1. The summed E-state index contributed by atoms with van der Waals surface area (Å²) in [6.07, 6.45) is 8.12. The van der Waals surface area contributed by atoms with E-state index in [1.807, 2.05) is 24.3 Å². The van der Waals surface area contributed by atoms with Crippen LogP contribution >= 0.6 is 11.6 Å². The summed E-state index contributed by atoms with van der Waals surface area (Å²) < 4.78 is 5.43. The van der Waals surface area contributed by atoms with Crippen molar-refractivity contribution in [1.82, 2.24) is 25.3 Å². The van der Waals surface area contributed by atoms with Crippen LogP contribution in [0.2, 0.25) is 5.02 Å². The van der Waals surface area contributed by atoms with Crippen LogP contribution in [0.15, 0.2) is 28.8 Å². The van der Waals surface area contributed by atoms with E-state index in [2.05, 4.69) is 25.3 Å². The Morgan fingerprint density at radius 2 is 1.81 bits per heavy atom. The van der Waals surface area contributed by atoms with E-state index in [1.54, 1.807) is 0 Å². The summed E-state index contributed by atoms with van der Waals surface area (Å²) >= 11 is 6.22. The standard InChI is InChI=1S/C24H34ClN5O2/c25-21-9-4-3-8-20(21)23-27-22(32-28-23)18-30-16-10-19(11-17-30)24(31)26-12-7-15-29-13-5-1-2-6-14-29/h3-4,8-9,19H,1-2,5-7,10-18H2,(H,26,31). The number of amides is 1. The van der Waals surface area contributed by atoms with Crippen molar-refractivity contribution in [3.05, 3.63) is 35.2 Å². The molecule has 0 unspecified atom stereocenters. The van der Waals surface area contributed by atoms with Gasteiger partial charge in [-0.1, -0.05) is 41.7 Å². The molecule has 0 bridgehead atoms. The maximum absolute atomic E-state index is 12.6. The Bertz CT molecular complexity index is 858. The molecule has 2 aromatic rings. The van der Waals surface area contributed by atoms with E-state index < -0.39 is 0 Å². The number of carbonyl (C=O) groups is 1. The Balaban J connectivity index is 1.15. The van der Waals surface area contributed by atoms with Gasteiger partial charge in [0.25, 0.3) is 0 Å². The van der Waals surface area contributed by atoms with Gasteiger partial charge in [0.05, 0.1) is 11.6 Å². The van der Waals surface area contributed by atoms with E-state index in [4.69, 9.17) is 16.1 Å². The number of hydrogen-bond acceptors (Lipinski definition) is 6. The zero-order valence-electron chi connectivity index (χ0n) is 18.8. The average Bonchev–Trinajstić information content (AvgIpc) is 3.11. The molecule has 2 aliphatic heterocycles. The highest BCUT2D eigenvalue weighted by Crippen LogP contribution is 2.25. The van der Waals surface area contributed by atoms with Crippen molar-refractivity contribution in [3.8, 4) is 11.4 Å². The Morgan fingerprint density at radius 3 is 2.56 bits per heavy atom. The van der Waals surface area contributed by atoms with Gasteiger partial charge >= 0.3 is 0 Å². The van der Waals surface area contributed by atoms with Gasteiger partial charge in [0.15, 0.2) is 0 Å². The molecule has 1 aromatic carbocycles. The molecule has 3 heterocycles. The summed E-state index contributed by atoms with van der Waals surface area (Å²) in [7, 11) is 0. The first kappa shape index (κ1) is 23.2. The summed E-state index contributed by atoms with van der Waals surface area (Å²) in [5, 5.41) is 7.84. The highest BCUT2D eigenvalue weighted by Gasteiger charge is 2.26. The van der Waals surface area contributed by atoms with Crippen LogP contribution < -0.4 is 5.32 Å². The molecule has 0 atom stereocenters. The Morgan fingerprint density at radius 1 is 1.06 bits per heavy atom. The lowest BCUT2D eigenvalue weighted by Gasteiger charge is -2.30. The molecular formula is C24H34ClN5O2. The molecule has 1 aromatic heterocycles. The fraction of sp³-hybridized carbons (Fsp3) is 0.625. The number of nitrogens with zero attached hydrogens (tertiary/aromatic N) is 4. The third-order valence-electron chi connectivity index (χ3n) is 6.55. The fourth-order valence-corrected chi connectivity index (χ4v) is 4.85. The highest BCUT2D eigenvalue weighted by molar-refractivity contribution is 6.33. The lowest BCUT2D eigenvalue weighted by molar-refractivity contribution is -0.126. The number of likely N-dealkylation sites (tertiary alicyclic amines) is 2. The van der Waals surface area contributed by atoms with Crippen molar-refractivity contribution in [2.75, 3.05) is 39.3 Å². The van der Waals surface area contributed by atoms with Crippen LogP contribution in [0.4, 0.5) is 0 Å². The maximum Gasteiger partial charge on any atom is 0.241 e. The van der Waals surface area contributed by atoms with Crippen molar-refractivity contribution in [2.45, 2.75) is 51.5 Å². The maximum atomic E-state index is 12.6. The molecule has 8 heteroatoms. The van der Waals surface area contributed by atoms with Gasteiger partial charge < -0.3 is 14.7 Å². The van der Waals surface area contributed by atoms with Crippen LogP contribution in [0.3, 0.4) is 0 Å². The van der Waals surface area contributed by atoms with E-state index in [-0.39, 0.29) is 11.8 Å². The first-order valence-corrected chi connectivity index (χ1v) is 12.4. The molecule has 4 rings (SSSR count). The van der Waals surface area contributed by atoms with Crippen LogP contribution in [-0.2, 0) is 11.3 Å². The van der Waals surface area contributed by atoms with E-state index in [9.17, 15) is 4.79 Å². The largest absolute Gasteiger partial charge is 0.356 e. The van der Waals surface area contributed by atoms with Crippen LogP contribution in [-0.4, -0.2) is 65.1 Å². The fourth-order valence-electron chi connectivity index (χ4n) is 4.63. The van der Waals surface area contributed by atoms with E-state index in [0.717, 1.165) is 51.0 Å². The Hall–Kier alpha value is -1.96. The van der Waals surface area contributed by atoms with Gasteiger partial charge in [-0.15, -0.1) is 0 Å². The minimum Gasteiger partial charge on any atom is -0.356 e. The third-order valence-corrected chi connectivity index (χ3v) is 6.88. The summed E-state index contributed by atoms with van der Waals surface area (Å²) in [6, 6.07) is 7.48. The molecule has 0 spiro atoms. The number of halogens is 1. The number of aromatic nitrogens is 2. The lowest BCUT2D eigenvalue weighted by Crippen LogP contribution is -2.41. The molecule has 1 amide bonds. The molecule has 2 saturated heterocycles. The number of carbonyl (C=O) groups excluding carboxylic acids is 1. The third kappa shape index (κ3) is 6.53. The van der Waals surface area contributed by atoms with Gasteiger partial charge in [-0.3, -0.25) is 9.69 Å². The van der Waals surface area contributed by atoms with Crippen molar-refractivity contribution in [2.24, 2.45) is 5.92 Å². The average molecular weight is 460 g/mol. The van der Waals surface area contributed by atoms with Crippen molar-refractivity contribution in [3.63, 3.8) is 0 Å². The molecule has 32 heavy (non-hydrogen) atoms. The van der Waals surface area contributed by atoms with E-state index >= 15 is 0 Å². The van der Waals surface area contributed by atoms with Crippen LogP contribution in [0.5, 0.6) is 0 Å². The second-order valence-electron chi connectivity index (χ2n) is 8.94. The minimum atomic E-state index is 0.103. The van der Waals surface area contributed by atoms with Crippen LogP contribution in [0, 0.1) is 5.92 Å². The van der Waals surface area contributed by atoms with Crippen molar-refractivity contribution < 1.29 is 9.32 Å². The molecular weight excluding hydrogens is 426 g/mol. The quantitative estimate of drug-likeness (QED) is 0.602. The van der Waals surface area contributed by atoms with Crippen LogP contribution in [0.25, 0.3) is 11.4 Å². The van der Waals surface area contributed by atoms with Crippen LogP contribution in [0.1, 0.15) is 50.8 Å². The summed E-state index contributed by atoms with van der Waals surface area (Å²) in [5.41, 5.74) is 0.774. The number of benzene rings is 1. The molecule has 0 radical (unpaired) electrons. The summed E-state index contributed by atoms with van der Waals surface area (Å²) in [6.45, 7) is 6.62. The highest BCUT2D eigenvalue weighted by atomic mass is 35.5. The van der Waals surface area contributed by atoms with Gasteiger partial charge in [0.2, 0.25) is 17.6 Å². The second kappa shape index (κ2) is 11.8. The van der Waals surface area contributed by atoms with Gasteiger partial charge in [-0.25, -0.2) is 0 Å². The lowest BCUT2D eigenvalue weighted by atomic mass is 9.96. The number of rotatable bonds is 8. The first-order chi connectivity index (χ1) is 15.7. The Kier molecular flexibility index (Phi) is 8.54. The van der Waals surface area contributed by atoms with Gasteiger partial charge in [-0.2, -0.15) is 4.98 Å². The normalized spacial score (nSPS) is 19.0. The van der Waals surface area contributed by atoms with Gasteiger partial charge in [-0.05, 0) is 77.0 Å². The zero-order valence-corrected chi connectivity index (χ0v) is 19.5. The molecule has 0 saturated carbocycles. The molecule has 1 N–H and O–H groups in total. The van der Waals surface area contributed by atoms with Crippen molar-refractivity contribution in [1.29, 1.82) is 0 Å². The summed E-state index contributed by atoms with van der Waals surface area (Å²) in [5.74, 6) is 1.40. The molecule has 2 aliphatic rings. The number of nitrogens with one attached hydrogen (secondary N) is 1. The predicted molar refractivity (Wildman–Crippen MR) is 125 cm³/mol. The monoisotopic (exact) mass is 459 g/mol. The smallest absolute Gasteiger partial charge is 0.241 e.